The highest BCUT2D eigenvalue weighted by atomic mass is 15.0. The maximum absolute atomic E-state index is 3.57. The minimum Gasteiger partial charge on any atom is -0.356 e. The number of anilines is 2. The fourth-order valence-corrected chi connectivity index (χ4v) is 6.84. The van der Waals surface area contributed by atoms with Gasteiger partial charge in [-0.2, -0.15) is 0 Å². The van der Waals surface area contributed by atoms with Crippen LogP contribution in [0.15, 0.2) is 176 Å². The Bertz CT molecular complexity index is 2470. The van der Waals surface area contributed by atoms with Gasteiger partial charge in [-0.3, -0.25) is 0 Å². The standard InChI is InChI=1S/C44H30N2/c1-2-8-39-33(7-1)13-14-34-15-16-35(29-42(34)39)32-19-25-37(26-20-32)45-36-23-17-30(18-24-36)31-21-27-38(28-22-31)46-43-11-5-3-9-40(43)41-10-4-6-12-44(41)46/h1-29,45H. The van der Waals surface area contributed by atoms with Crippen LogP contribution in [0.5, 0.6) is 0 Å². The van der Waals surface area contributed by atoms with Gasteiger partial charge in [0.2, 0.25) is 0 Å². The molecule has 1 N–H and O–H groups in total. The van der Waals surface area contributed by atoms with Gasteiger partial charge >= 0.3 is 0 Å². The van der Waals surface area contributed by atoms with Crippen molar-refractivity contribution in [2.24, 2.45) is 0 Å². The number of para-hydroxylation sites is 2. The lowest BCUT2D eigenvalue weighted by Crippen LogP contribution is -1.93. The van der Waals surface area contributed by atoms with Crippen LogP contribution in [-0.4, -0.2) is 4.57 Å². The molecule has 216 valence electrons. The third kappa shape index (κ3) is 4.51. The first-order valence-corrected chi connectivity index (χ1v) is 15.8. The summed E-state index contributed by atoms with van der Waals surface area (Å²) < 4.78 is 2.36. The first-order valence-electron chi connectivity index (χ1n) is 15.8. The summed E-state index contributed by atoms with van der Waals surface area (Å²) in [6.45, 7) is 0. The smallest absolute Gasteiger partial charge is 0.0541 e. The lowest BCUT2D eigenvalue weighted by Gasteiger charge is -2.11. The Morgan fingerprint density at radius 3 is 1.37 bits per heavy atom. The summed E-state index contributed by atoms with van der Waals surface area (Å²) in [5.41, 5.74) is 10.6. The summed E-state index contributed by atoms with van der Waals surface area (Å²) >= 11 is 0. The van der Waals surface area contributed by atoms with E-state index in [1.165, 1.54) is 71.3 Å². The van der Waals surface area contributed by atoms with Crippen molar-refractivity contribution in [2.75, 3.05) is 5.32 Å². The molecule has 2 heteroatoms. The number of hydrogen-bond donors (Lipinski definition) is 1. The predicted octanol–water partition coefficient (Wildman–Crippen LogP) is 12.2. The number of rotatable bonds is 5. The molecule has 0 aliphatic heterocycles. The van der Waals surface area contributed by atoms with Crippen LogP contribution in [0.4, 0.5) is 11.4 Å². The maximum atomic E-state index is 3.57. The summed E-state index contributed by atoms with van der Waals surface area (Å²) in [4.78, 5) is 0. The molecule has 0 aliphatic rings. The van der Waals surface area contributed by atoms with Crippen LogP contribution in [0.2, 0.25) is 0 Å². The van der Waals surface area contributed by atoms with E-state index in [4.69, 9.17) is 0 Å². The average molecular weight is 587 g/mol. The van der Waals surface area contributed by atoms with Crippen molar-refractivity contribution >= 4 is 54.7 Å². The lowest BCUT2D eigenvalue weighted by atomic mass is 9.97. The van der Waals surface area contributed by atoms with Crippen molar-refractivity contribution in [1.29, 1.82) is 0 Å². The van der Waals surface area contributed by atoms with Crippen LogP contribution in [0.3, 0.4) is 0 Å². The summed E-state index contributed by atoms with van der Waals surface area (Å²) in [6, 6.07) is 63.3. The van der Waals surface area contributed by atoms with Gasteiger partial charge in [0.15, 0.2) is 0 Å². The molecule has 46 heavy (non-hydrogen) atoms. The topological polar surface area (TPSA) is 17.0 Å². The number of hydrogen-bond acceptors (Lipinski definition) is 1. The van der Waals surface area contributed by atoms with Crippen LogP contribution >= 0.6 is 0 Å². The van der Waals surface area contributed by atoms with E-state index in [2.05, 4.69) is 186 Å². The van der Waals surface area contributed by atoms with E-state index in [9.17, 15) is 0 Å². The van der Waals surface area contributed by atoms with Gasteiger partial charge in [-0.15, -0.1) is 0 Å². The third-order valence-electron chi connectivity index (χ3n) is 9.18. The monoisotopic (exact) mass is 586 g/mol. The van der Waals surface area contributed by atoms with Gasteiger partial charge < -0.3 is 9.88 Å². The Balaban J connectivity index is 0.939. The highest BCUT2D eigenvalue weighted by Gasteiger charge is 2.11. The molecule has 8 aromatic carbocycles. The number of fused-ring (bicyclic) bond motifs is 6. The molecule has 0 aliphatic carbocycles. The molecule has 2 nitrogen and oxygen atoms in total. The fourth-order valence-electron chi connectivity index (χ4n) is 6.84. The predicted molar refractivity (Wildman–Crippen MR) is 196 cm³/mol. The zero-order valence-electron chi connectivity index (χ0n) is 25.2. The first-order chi connectivity index (χ1) is 22.8. The molecule has 0 spiro atoms. The van der Waals surface area contributed by atoms with E-state index in [0.717, 1.165) is 11.4 Å². The molecule has 0 unspecified atom stereocenters. The second-order valence-corrected chi connectivity index (χ2v) is 11.9. The molecule has 0 bridgehead atoms. The van der Waals surface area contributed by atoms with Crippen LogP contribution in [0, 0.1) is 0 Å². The number of aromatic nitrogens is 1. The van der Waals surface area contributed by atoms with Gasteiger partial charge in [0.25, 0.3) is 0 Å². The van der Waals surface area contributed by atoms with Crippen molar-refractivity contribution in [3.63, 3.8) is 0 Å². The summed E-state index contributed by atoms with van der Waals surface area (Å²) in [7, 11) is 0. The number of benzene rings is 8. The summed E-state index contributed by atoms with van der Waals surface area (Å²) in [6.07, 6.45) is 0. The van der Waals surface area contributed by atoms with Gasteiger partial charge in [0.05, 0.1) is 11.0 Å². The third-order valence-corrected chi connectivity index (χ3v) is 9.18. The SMILES string of the molecule is c1ccc2c(c1)ccc1ccc(-c3ccc(Nc4ccc(-c5ccc(-n6c7ccccc7c7ccccc76)cc5)cc4)cc3)cc12. The molecule has 0 atom stereocenters. The molecule has 0 amide bonds. The highest BCUT2D eigenvalue weighted by molar-refractivity contribution is 6.10. The zero-order chi connectivity index (χ0) is 30.5. The highest BCUT2D eigenvalue weighted by Crippen LogP contribution is 2.34. The Kier molecular flexibility index (Phi) is 6.17. The molecular weight excluding hydrogens is 556 g/mol. The number of nitrogens with one attached hydrogen (secondary N) is 1. The molecule has 0 saturated carbocycles. The van der Waals surface area contributed by atoms with Gasteiger partial charge in [0, 0.05) is 27.8 Å². The number of nitrogens with zero attached hydrogens (tertiary/aromatic N) is 1. The first kappa shape index (κ1) is 26.3. The van der Waals surface area contributed by atoms with Crippen LogP contribution in [0.25, 0.3) is 71.3 Å². The van der Waals surface area contributed by atoms with Crippen molar-refractivity contribution in [3.05, 3.63) is 176 Å². The molecule has 9 rings (SSSR count). The van der Waals surface area contributed by atoms with Gasteiger partial charge in [-0.1, -0.05) is 121 Å². The van der Waals surface area contributed by atoms with Crippen molar-refractivity contribution in [3.8, 4) is 27.9 Å². The van der Waals surface area contributed by atoms with E-state index in [-0.39, 0.29) is 0 Å². The molecule has 0 radical (unpaired) electrons. The minimum atomic E-state index is 1.07. The van der Waals surface area contributed by atoms with Crippen molar-refractivity contribution in [1.82, 2.24) is 4.57 Å². The average Bonchev–Trinajstić information content (AvgIpc) is 3.46. The Morgan fingerprint density at radius 2 is 0.761 bits per heavy atom. The summed E-state index contributed by atoms with van der Waals surface area (Å²) in [5.74, 6) is 0. The Hall–Kier alpha value is -6.12. The van der Waals surface area contributed by atoms with Gasteiger partial charge in [-0.05, 0) is 98.4 Å². The van der Waals surface area contributed by atoms with Crippen LogP contribution in [0.1, 0.15) is 0 Å². The van der Waals surface area contributed by atoms with Crippen LogP contribution < -0.4 is 5.32 Å². The van der Waals surface area contributed by atoms with E-state index >= 15 is 0 Å². The Morgan fingerprint density at radius 1 is 0.326 bits per heavy atom. The van der Waals surface area contributed by atoms with Gasteiger partial charge in [-0.25, -0.2) is 0 Å². The van der Waals surface area contributed by atoms with E-state index in [1.807, 2.05) is 0 Å². The lowest BCUT2D eigenvalue weighted by molar-refractivity contribution is 1.18. The van der Waals surface area contributed by atoms with E-state index in [0.29, 0.717) is 0 Å². The second kappa shape index (κ2) is 10.8. The molecule has 9 aromatic rings. The van der Waals surface area contributed by atoms with Gasteiger partial charge in [0.1, 0.15) is 0 Å². The van der Waals surface area contributed by atoms with E-state index < -0.39 is 0 Å². The zero-order valence-corrected chi connectivity index (χ0v) is 25.2. The van der Waals surface area contributed by atoms with Crippen molar-refractivity contribution in [2.45, 2.75) is 0 Å². The molecular formula is C44H30N2. The minimum absolute atomic E-state index is 1.07. The van der Waals surface area contributed by atoms with E-state index in [1.54, 1.807) is 0 Å². The maximum Gasteiger partial charge on any atom is 0.0541 e. The summed E-state index contributed by atoms with van der Waals surface area (Å²) in [5, 5.41) is 11.3. The molecule has 0 fully saturated rings. The van der Waals surface area contributed by atoms with Crippen LogP contribution in [-0.2, 0) is 0 Å². The normalized spacial score (nSPS) is 11.5. The Labute approximate surface area is 267 Å². The second-order valence-electron chi connectivity index (χ2n) is 11.9. The van der Waals surface area contributed by atoms with Crippen molar-refractivity contribution < 1.29 is 0 Å². The molecule has 0 saturated heterocycles. The molecule has 1 heterocycles. The largest absolute Gasteiger partial charge is 0.356 e. The quantitative estimate of drug-likeness (QED) is 0.199. The molecule has 1 aromatic heterocycles. The fraction of sp³-hybridized carbons (Fsp3) is 0.